The lowest BCUT2D eigenvalue weighted by Gasteiger charge is -2.18. The van der Waals surface area contributed by atoms with Crippen LogP contribution in [0.3, 0.4) is 0 Å². The summed E-state index contributed by atoms with van der Waals surface area (Å²) in [6.07, 6.45) is 0. The minimum atomic E-state index is -0.920. The van der Waals surface area contributed by atoms with Gasteiger partial charge >= 0.3 is 0 Å². The van der Waals surface area contributed by atoms with E-state index < -0.39 is 5.54 Å². The third-order valence-corrected chi connectivity index (χ3v) is 2.57. The van der Waals surface area contributed by atoms with Crippen LogP contribution in [0.5, 0.6) is 0 Å². The highest BCUT2D eigenvalue weighted by Crippen LogP contribution is 2.26. The number of anilines is 1. The van der Waals surface area contributed by atoms with Gasteiger partial charge in [-0.25, -0.2) is 0 Å². The van der Waals surface area contributed by atoms with Gasteiger partial charge in [0.05, 0.1) is 16.2 Å². The molecule has 0 unspecified atom stereocenters. The van der Waals surface area contributed by atoms with Gasteiger partial charge < -0.3 is 11.1 Å². The first kappa shape index (κ1) is 12.5. The molecule has 0 aliphatic carbocycles. The summed E-state index contributed by atoms with van der Waals surface area (Å²) in [6.45, 7) is 3.27. The predicted octanol–water partition coefficient (Wildman–Crippen LogP) is 2.78. The van der Waals surface area contributed by atoms with E-state index >= 15 is 0 Å². The predicted molar refractivity (Wildman–Crippen MR) is 66.0 cm³/mol. The summed E-state index contributed by atoms with van der Waals surface area (Å²) in [4.78, 5) is 11.6. The summed E-state index contributed by atoms with van der Waals surface area (Å²) in [7, 11) is 0. The number of hydrogen-bond donors (Lipinski definition) is 2. The maximum Gasteiger partial charge on any atom is 0.243 e. The van der Waals surface area contributed by atoms with Gasteiger partial charge in [-0.2, -0.15) is 0 Å². The van der Waals surface area contributed by atoms with Crippen molar-refractivity contribution < 1.29 is 4.79 Å². The Labute approximate surface area is 102 Å². The van der Waals surface area contributed by atoms with Gasteiger partial charge in [-0.15, -0.1) is 0 Å². The van der Waals surface area contributed by atoms with Crippen LogP contribution in [0.25, 0.3) is 0 Å². The first-order valence-electron chi connectivity index (χ1n) is 4.36. The van der Waals surface area contributed by atoms with Crippen LogP contribution in [0, 0.1) is 0 Å². The normalized spacial score (nSPS) is 11.3. The lowest BCUT2D eigenvalue weighted by atomic mass is 10.1. The molecule has 15 heavy (non-hydrogen) atoms. The number of rotatable bonds is 2. The Kier molecular flexibility index (Phi) is 3.76. The summed E-state index contributed by atoms with van der Waals surface area (Å²) >= 11 is 9.22. The average Bonchev–Trinajstić information content (AvgIpc) is 2.08. The highest BCUT2D eigenvalue weighted by Gasteiger charge is 2.22. The fraction of sp³-hybridized carbons (Fsp3) is 0.300. The van der Waals surface area contributed by atoms with Crippen LogP contribution in [0.15, 0.2) is 22.7 Å². The maximum absolute atomic E-state index is 11.6. The average molecular weight is 292 g/mol. The summed E-state index contributed by atoms with van der Waals surface area (Å²) in [6, 6.07) is 5.22. The monoisotopic (exact) mass is 290 g/mol. The van der Waals surface area contributed by atoms with Gasteiger partial charge in [0.2, 0.25) is 5.91 Å². The molecule has 3 N–H and O–H groups in total. The van der Waals surface area contributed by atoms with Crippen LogP contribution >= 0.6 is 27.5 Å². The van der Waals surface area contributed by atoms with E-state index in [1.165, 1.54) is 0 Å². The smallest absolute Gasteiger partial charge is 0.243 e. The van der Waals surface area contributed by atoms with Crippen LogP contribution in [-0.2, 0) is 4.79 Å². The second-order valence-electron chi connectivity index (χ2n) is 3.80. The highest BCUT2D eigenvalue weighted by atomic mass is 79.9. The number of benzene rings is 1. The van der Waals surface area contributed by atoms with E-state index in [1.54, 1.807) is 32.0 Å². The standard InChI is InChI=1S/C10H12BrClN2O/c1-10(2,13)9(15)14-8-4-3-6(11)5-7(8)12/h3-5H,13H2,1-2H3,(H,14,15). The zero-order valence-corrected chi connectivity index (χ0v) is 10.8. The number of hydrogen-bond acceptors (Lipinski definition) is 2. The number of carbonyl (C=O) groups is 1. The van der Waals surface area contributed by atoms with Crippen molar-refractivity contribution in [2.24, 2.45) is 5.73 Å². The molecule has 0 radical (unpaired) electrons. The fourth-order valence-corrected chi connectivity index (χ4v) is 1.59. The fourth-order valence-electron chi connectivity index (χ4n) is 0.874. The maximum atomic E-state index is 11.6. The lowest BCUT2D eigenvalue weighted by molar-refractivity contribution is -0.120. The molecule has 1 aromatic carbocycles. The molecule has 3 nitrogen and oxygen atoms in total. The third-order valence-electron chi connectivity index (χ3n) is 1.76. The van der Waals surface area contributed by atoms with Gasteiger partial charge in [-0.1, -0.05) is 27.5 Å². The number of amides is 1. The molecule has 0 aliphatic rings. The largest absolute Gasteiger partial charge is 0.323 e. The van der Waals surface area contributed by atoms with Crippen LogP contribution < -0.4 is 11.1 Å². The molecule has 0 aromatic heterocycles. The number of nitrogens with one attached hydrogen (secondary N) is 1. The molecule has 1 rings (SSSR count). The molecule has 0 heterocycles. The third kappa shape index (κ3) is 3.48. The molecule has 1 amide bonds. The van der Waals surface area contributed by atoms with Crippen molar-refractivity contribution in [2.75, 3.05) is 5.32 Å². The van der Waals surface area contributed by atoms with Crippen molar-refractivity contribution in [1.29, 1.82) is 0 Å². The Hall–Kier alpha value is -0.580. The SMILES string of the molecule is CC(C)(N)C(=O)Nc1ccc(Br)cc1Cl. The van der Waals surface area contributed by atoms with Gasteiger partial charge in [-0.05, 0) is 32.0 Å². The molecule has 0 saturated heterocycles. The van der Waals surface area contributed by atoms with Crippen molar-refractivity contribution in [3.8, 4) is 0 Å². The van der Waals surface area contributed by atoms with Crippen molar-refractivity contribution in [3.05, 3.63) is 27.7 Å². The van der Waals surface area contributed by atoms with Gasteiger partial charge in [0, 0.05) is 4.47 Å². The quantitative estimate of drug-likeness (QED) is 0.880. The molecular weight excluding hydrogens is 279 g/mol. The zero-order chi connectivity index (χ0) is 11.6. The summed E-state index contributed by atoms with van der Waals surface area (Å²) in [5.41, 5.74) is 5.28. The Balaban J connectivity index is 2.87. The van der Waals surface area contributed by atoms with Gasteiger partial charge in [0.25, 0.3) is 0 Å². The van der Waals surface area contributed by atoms with Crippen LogP contribution in [0.1, 0.15) is 13.8 Å². The van der Waals surface area contributed by atoms with E-state index in [1.807, 2.05) is 0 Å². The molecular formula is C10H12BrClN2O. The van der Waals surface area contributed by atoms with Crippen LogP contribution in [-0.4, -0.2) is 11.4 Å². The molecule has 0 fully saturated rings. The van der Waals surface area contributed by atoms with E-state index in [2.05, 4.69) is 21.2 Å². The topological polar surface area (TPSA) is 55.1 Å². The van der Waals surface area contributed by atoms with E-state index in [0.29, 0.717) is 10.7 Å². The molecule has 1 aromatic rings. The van der Waals surface area contributed by atoms with E-state index in [-0.39, 0.29) is 5.91 Å². The molecule has 0 aliphatic heterocycles. The first-order chi connectivity index (χ1) is 6.80. The molecule has 0 bridgehead atoms. The second-order valence-corrected chi connectivity index (χ2v) is 5.12. The van der Waals surface area contributed by atoms with E-state index in [0.717, 1.165) is 4.47 Å². The summed E-state index contributed by atoms with van der Waals surface area (Å²) < 4.78 is 0.859. The van der Waals surface area contributed by atoms with Gasteiger partial charge in [0.1, 0.15) is 0 Å². The molecule has 5 heteroatoms. The minimum Gasteiger partial charge on any atom is -0.323 e. The van der Waals surface area contributed by atoms with Gasteiger partial charge in [-0.3, -0.25) is 4.79 Å². The molecule has 0 spiro atoms. The Morgan fingerprint density at radius 2 is 2.13 bits per heavy atom. The Morgan fingerprint density at radius 1 is 1.53 bits per heavy atom. The van der Waals surface area contributed by atoms with E-state index in [4.69, 9.17) is 17.3 Å². The van der Waals surface area contributed by atoms with Crippen LogP contribution in [0.4, 0.5) is 5.69 Å². The van der Waals surface area contributed by atoms with Crippen molar-refractivity contribution in [1.82, 2.24) is 0 Å². The molecule has 0 atom stereocenters. The number of nitrogens with two attached hydrogens (primary N) is 1. The molecule has 82 valence electrons. The lowest BCUT2D eigenvalue weighted by Crippen LogP contribution is -2.45. The minimum absolute atomic E-state index is 0.272. The number of halogens is 2. The zero-order valence-electron chi connectivity index (χ0n) is 8.47. The van der Waals surface area contributed by atoms with Crippen LogP contribution in [0.2, 0.25) is 5.02 Å². The molecule has 0 saturated carbocycles. The van der Waals surface area contributed by atoms with Crippen molar-refractivity contribution >= 4 is 39.1 Å². The van der Waals surface area contributed by atoms with Crippen molar-refractivity contribution in [3.63, 3.8) is 0 Å². The van der Waals surface area contributed by atoms with E-state index in [9.17, 15) is 4.79 Å². The Morgan fingerprint density at radius 3 is 2.60 bits per heavy atom. The van der Waals surface area contributed by atoms with Crippen molar-refractivity contribution in [2.45, 2.75) is 19.4 Å². The summed E-state index contributed by atoms with van der Waals surface area (Å²) in [5, 5.41) is 3.13. The highest BCUT2D eigenvalue weighted by molar-refractivity contribution is 9.10. The van der Waals surface area contributed by atoms with Gasteiger partial charge in [0.15, 0.2) is 0 Å². The summed E-state index contributed by atoms with van der Waals surface area (Å²) in [5.74, 6) is -0.272. The Bertz CT molecular complexity index is 387. The first-order valence-corrected chi connectivity index (χ1v) is 5.53. The number of carbonyl (C=O) groups excluding carboxylic acids is 1. The second kappa shape index (κ2) is 4.51.